The molecule has 0 aliphatic heterocycles. The minimum absolute atomic E-state index is 0.0574. The summed E-state index contributed by atoms with van der Waals surface area (Å²) in [6.07, 6.45) is -3.34. The number of alkyl halides is 3. The van der Waals surface area contributed by atoms with Gasteiger partial charge in [-0.05, 0) is 30.2 Å². The molecule has 0 unspecified atom stereocenters. The number of benzene rings is 2. The summed E-state index contributed by atoms with van der Waals surface area (Å²) >= 11 is 9.86. The predicted octanol–water partition coefficient (Wildman–Crippen LogP) is 6.23. The maximum Gasteiger partial charge on any atom is 0.417 e. The fourth-order valence-electron chi connectivity index (χ4n) is 2.53. The first-order valence-electron chi connectivity index (χ1n) is 7.34. The number of hydrogen-bond acceptors (Lipinski definition) is 5. The van der Waals surface area contributed by atoms with Crippen LogP contribution in [0.2, 0.25) is 5.02 Å². The molecule has 0 radical (unpaired) electrons. The molecule has 4 nitrogen and oxygen atoms in total. The lowest BCUT2D eigenvalue weighted by Crippen LogP contribution is -2.22. The zero-order chi connectivity index (χ0) is 19.7. The van der Waals surface area contributed by atoms with E-state index >= 15 is 0 Å². The molecule has 0 amide bonds. The number of rotatable bonds is 5. The zero-order valence-corrected chi connectivity index (χ0v) is 16.3. The van der Waals surface area contributed by atoms with Crippen LogP contribution in [-0.2, 0) is 6.18 Å². The maximum atomic E-state index is 13.4. The molecular weight excluding hydrogens is 409 g/mol. The van der Waals surface area contributed by atoms with Gasteiger partial charge in [-0.3, -0.25) is 9.11 Å². The van der Waals surface area contributed by atoms with Crippen LogP contribution in [0.1, 0.15) is 24.1 Å². The molecule has 1 atom stereocenters. The molecule has 0 aliphatic rings. The van der Waals surface area contributed by atoms with Crippen molar-refractivity contribution < 1.29 is 22.3 Å². The van der Waals surface area contributed by atoms with Gasteiger partial charge in [-0.2, -0.15) is 13.2 Å². The van der Waals surface area contributed by atoms with Gasteiger partial charge in [0, 0.05) is 23.5 Å². The Kier molecular flexibility index (Phi) is 6.42. The minimum Gasteiger partial charge on any atom is -0.332 e. The number of halogens is 4. The second-order valence-corrected chi connectivity index (χ2v) is 8.32. The van der Waals surface area contributed by atoms with Crippen LogP contribution < -0.4 is 9.44 Å². The van der Waals surface area contributed by atoms with Gasteiger partial charge >= 0.3 is 6.18 Å². The summed E-state index contributed by atoms with van der Waals surface area (Å²) in [6.45, 7) is 1.72. The van der Waals surface area contributed by atoms with E-state index in [1.165, 1.54) is 24.5 Å². The van der Waals surface area contributed by atoms with Crippen molar-refractivity contribution in [2.45, 2.75) is 19.1 Å². The van der Waals surface area contributed by atoms with E-state index in [-0.39, 0.29) is 16.3 Å². The smallest absolute Gasteiger partial charge is 0.332 e. The summed E-state index contributed by atoms with van der Waals surface area (Å²) in [6, 6.07) is 8.16. The van der Waals surface area contributed by atoms with Gasteiger partial charge in [-0.25, -0.2) is 4.72 Å². The van der Waals surface area contributed by atoms with Crippen LogP contribution in [0, 0.1) is 0 Å². The second kappa shape index (κ2) is 7.87. The van der Waals surface area contributed by atoms with E-state index in [2.05, 4.69) is 22.3 Å². The molecule has 0 bridgehead atoms. The van der Waals surface area contributed by atoms with E-state index in [0.29, 0.717) is 11.1 Å². The average Bonchev–Trinajstić information content (AvgIpc) is 2.51. The highest BCUT2D eigenvalue weighted by Gasteiger charge is 2.35. The Morgan fingerprint density at radius 2 is 1.73 bits per heavy atom. The molecule has 2 aromatic rings. The highest BCUT2D eigenvalue weighted by Crippen LogP contribution is 2.43. The summed E-state index contributed by atoms with van der Waals surface area (Å²) < 4.78 is 64.3. The van der Waals surface area contributed by atoms with Crippen LogP contribution in [-0.4, -0.2) is 15.4 Å². The monoisotopic (exact) mass is 426 g/mol. The van der Waals surface area contributed by atoms with Crippen LogP contribution >= 0.6 is 35.2 Å². The number of thiol groups is 1. The first-order chi connectivity index (χ1) is 11.9. The first kappa shape index (κ1) is 21.2. The third-order valence-corrected chi connectivity index (χ3v) is 4.98. The van der Waals surface area contributed by atoms with E-state index in [9.17, 15) is 22.3 Å². The Balaban J connectivity index is 2.46. The van der Waals surface area contributed by atoms with E-state index in [1.807, 2.05) is 0 Å². The molecule has 2 aromatic carbocycles. The lowest BCUT2D eigenvalue weighted by molar-refractivity contribution is -0.137. The number of nitrogens with one attached hydrogen (secondary N) is 2. The topological polar surface area (TPSA) is 64.5 Å². The fraction of sp³-hybridized carbons (Fsp3) is 0.250. The van der Waals surface area contributed by atoms with E-state index in [0.717, 1.165) is 6.07 Å². The largest absolute Gasteiger partial charge is 0.417 e. The molecule has 0 saturated carbocycles. The van der Waals surface area contributed by atoms with Crippen molar-refractivity contribution in [3.63, 3.8) is 0 Å². The molecule has 4 N–H and O–H groups in total. The minimum atomic E-state index is -4.59. The molecule has 0 spiro atoms. The third kappa shape index (κ3) is 5.21. The Morgan fingerprint density at radius 1 is 1.15 bits per heavy atom. The van der Waals surface area contributed by atoms with Gasteiger partial charge in [0.15, 0.2) is 0 Å². The van der Waals surface area contributed by atoms with Gasteiger partial charge in [0.2, 0.25) is 0 Å². The molecule has 0 aromatic heterocycles. The average molecular weight is 427 g/mol. The van der Waals surface area contributed by atoms with Crippen LogP contribution in [0.5, 0.6) is 0 Å². The Bertz CT molecular complexity index is 781. The molecule has 0 fully saturated rings. The maximum absolute atomic E-state index is 13.4. The van der Waals surface area contributed by atoms with Gasteiger partial charge in [0.05, 0.1) is 10.6 Å². The van der Waals surface area contributed by atoms with Crippen molar-refractivity contribution in [1.82, 2.24) is 4.72 Å². The Morgan fingerprint density at radius 3 is 2.19 bits per heavy atom. The lowest BCUT2D eigenvalue weighted by atomic mass is 9.96. The highest BCUT2D eigenvalue weighted by atomic mass is 35.5. The van der Waals surface area contributed by atoms with Gasteiger partial charge in [0.1, 0.15) is 0 Å². The van der Waals surface area contributed by atoms with Crippen LogP contribution in [0.15, 0.2) is 36.4 Å². The van der Waals surface area contributed by atoms with Gasteiger partial charge in [-0.15, -0.1) is 10.8 Å². The number of hydrogen-bond donors (Lipinski definition) is 5. The van der Waals surface area contributed by atoms with Crippen LogP contribution in [0.4, 0.5) is 18.9 Å². The van der Waals surface area contributed by atoms with Crippen molar-refractivity contribution in [2.24, 2.45) is 0 Å². The molecule has 2 rings (SSSR count). The quantitative estimate of drug-likeness (QED) is 0.368. The summed E-state index contributed by atoms with van der Waals surface area (Å²) in [7, 11) is -2.91. The van der Waals surface area contributed by atoms with E-state index < -0.39 is 28.6 Å². The van der Waals surface area contributed by atoms with Crippen LogP contribution in [0.25, 0.3) is 11.1 Å². The molecule has 0 saturated heterocycles. The molecule has 26 heavy (non-hydrogen) atoms. The van der Waals surface area contributed by atoms with Crippen molar-refractivity contribution in [3.8, 4) is 11.1 Å². The second-order valence-electron chi connectivity index (χ2n) is 5.79. The van der Waals surface area contributed by atoms with Gasteiger partial charge in [-0.1, -0.05) is 48.7 Å². The Hall–Kier alpha value is -1.10. The molecule has 0 heterocycles. The molecule has 10 heteroatoms. The normalized spacial score (nSPS) is 14.2. The van der Waals surface area contributed by atoms with E-state index in [4.69, 9.17) is 11.6 Å². The van der Waals surface area contributed by atoms with Crippen LogP contribution in [0.3, 0.4) is 0 Å². The zero-order valence-electron chi connectivity index (χ0n) is 13.8. The number of anilines is 1. The predicted molar refractivity (Wildman–Crippen MR) is 105 cm³/mol. The highest BCUT2D eigenvalue weighted by molar-refractivity contribution is 8.22. The summed E-state index contributed by atoms with van der Waals surface area (Å²) in [5.74, 6) is 0. The summed E-state index contributed by atoms with van der Waals surface area (Å²) in [5.41, 5.74) is 0.125. The van der Waals surface area contributed by atoms with E-state index in [1.54, 1.807) is 19.1 Å². The molecular formula is C16H18ClF3N2O2S2. The SMILES string of the molecule is C[C@@H](NS(C)(O)O)c1ccc(-c2c(Cl)cc(NS)cc2C(F)(F)F)cc1. The Labute approximate surface area is 161 Å². The fourth-order valence-corrected chi connectivity index (χ4v) is 3.79. The molecule has 0 aliphatic carbocycles. The summed E-state index contributed by atoms with van der Waals surface area (Å²) in [5, 5.41) is -0.0574. The van der Waals surface area contributed by atoms with Crippen molar-refractivity contribution in [1.29, 1.82) is 0 Å². The van der Waals surface area contributed by atoms with Gasteiger partial charge < -0.3 is 4.72 Å². The lowest BCUT2D eigenvalue weighted by Gasteiger charge is -2.31. The summed E-state index contributed by atoms with van der Waals surface area (Å²) in [4.78, 5) is 0. The van der Waals surface area contributed by atoms with Crippen molar-refractivity contribution >= 4 is 40.9 Å². The van der Waals surface area contributed by atoms with Gasteiger partial charge in [0.25, 0.3) is 0 Å². The first-order valence-corrected chi connectivity index (χ1v) is 10.1. The van der Waals surface area contributed by atoms with Crippen molar-refractivity contribution in [2.75, 3.05) is 11.0 Å². The standard InChI is InChI=1S/C16H18ClF3N2O2S2/c1-9(22-26(2,23)24)10-3-5-11(6-4-10)15-13(16(18,19)20)7-12(21-25)8-14(15)17/h3-9,21-25H,1-2H3/t9-/m1/s1. The molecule has 144 valence electrons. The van der Waals surface area contributed by atoms with Crippen molar-refractivity contribution in [3.05, 3.63) is 52.5 Å². The third-order valence-electron chi connectivity index (χ3n) is 3.62.